The molecule has 0 atom stereocenters. The van der Waals surface area contributed by atoms with Crippen molar-refractivity contribution < 1.29 is 0 Å². The fourth-order valence-electron chi connectivity index (χ4n) is 4.16. The molecule has 1 aliphatic heterocycles. The van der Waals surface area contributed by atoms with Gasteiger partial charge in [0.05, 0.1) is 0 Å². The maximum absolute atomic E-state index is 6.02. The third-order valence-electron chi connectivity index (χ3n) is 5.92. The molecule has 0 saturated carbocycles. The monoisotopic (exact) mass is 402 g/mol. The molecule has 0 bridgehead atoms. The Bertz CT molecular complexity index is 939. The van der Waals surface area contributed by atoms with Crippen LogP contribution in [0, 0.1) is 13.8 Å². The summed E-state index contributed by atoms with van der Waals surface area (Å²) < 4.78 is 0. The van der Waals surface area contributed by atoms with Crippen molar-refractivity contribution in [2.45, 2.75) is 48.9 Å². The number of piperidine rings is 1. The van der Waals surface area contributed by atoms with Crippen molar-refractivity contribution >= 4 is 17.4 Å². The van der Waals surface area contributed by atoms with Gasteiger partial charge in [-0.3, -0.25) is 4.90 Å². The number of nitrogen functional groups attached to an aromatic ring is 1. The second-order valence-electron chi connectivity index (χ2n) is 8.23. The molecule has 3 heteroatoms. The Balaban J connectivity index is 1.31. The number of nitrogens with zero attached hydrogens (tertiary/aromatic N) is 1. The highest BCUT2D eigenvalue weighted by Gasteiger charge is 2.22. The number of hydrogen-bond acceptors (Lipinski definition) is 3. The Morgan fingerprint density at radius 1 is 0.862 bits per heavy atom. The molecule has 0 amide bonds. The van der Waals surface area contributed by atoms with Crippen molar-refractivity contribution in [3.05, 3.63) is 89.0 Å². The summed E-state index contributed by atoms with van der Waals surface area (Å²) in [5, 5.41) is 0. The predicted octanol–water partition coefficient (Wildman–Crippen LogP) is 6.42. The van der Waals surface area contributed by atoms with Crippen molar-refractivity contribution in [1.82, 2.24) is 4.90 Å². The normalized spacial score (nSPS) is 15.5. The van der Waals surface area contributed by atoms with E-state index >= 15 is 0 Å². The first-order chi connectivity index (χ1) is 14.1. The average Bonchev–Trinajstić information content (AvgIpc) is 2.74. The van der Waals surface area contributed by atoms with E-state index in [1.54, 1.807) is 0 Å². The minimum atomic E-state index is 0.642. The number of aryl methyl sites for hydroxylation is 2. The minimum Gasteiger partial charge on any atom is -0.399 e. The quantitative estimate of drug-likeness (QED) is 0.500. The SMILES string of the molecule is Cc1ccc(Sc2ccc(CN3CCC(c4cc(N)ccc4C)CC3)cc2)cc1. The molecule has 1 heterocycles. The number of anilines is 1. The van der Waals surface area contributed by atoms with Gasteiger partial charge in [-0.25, -0.2) is 0 Å². The zero-order valence-corrected chi connectivity index (χ0v) is 18.2. The van der Waals surface area contributed by atoms with Gasteiger partial charge < -0.3 is 5.73 Å². The van der Waals surface area contributed by atoms with Gasteiger partial charge in [-0.05, 0) is 98.8 Å². The highest BCUT2D eigenvalue weighted by Crippen LogP contribution is 2.32. The van der Waals surface area contributed by atoms with Gasteiger partial charge in [0.2, 0.25) is 0 Å². The third-order valence-corrected chi connectivity index (χ3v) is 6.93. The molecule has 3 aromatic rings. The Hall–Kier alpha value is -2.23. The van der Waals surface area contributed by atoms with E-state index < -0.39 is 0 Å². The largest absolute Gasteiger partial charge is 0.399 e. The number of likely N-dealkylation sites (tertiary alicyclic amines) is 1. The third kappa shape index (κ3) is 5.23. The highest BCUT2D eigenvalue weighted by atomic mass is 32.2. The van der Waals surface area contributed by atoms with E-state index in [0.29, 0.717) is 5.92 Å². The number of rotatable bonds is 5. The Kier molecular flexibility index (Phi) is 6.27. The molecule has 4 rings (SSSR count). The summed E-state index contributed by atoms with van der Waals surface area (Å²) in [7, 11) is 0. The van der Waals surface area contributed by atoms with E-state index in [2.05, 4.69) is 79.4 Å². The topological polar surface area (TPSA) is 29.3 Å². The van der Waals surface area contributed by atoms with E-state index in [-0.39, 0.29) is 0 Å². The maximum atomic E-state index is 6.02. The van der Waals surface area contributed by atoms with Crippen LogP contribution in [-0.4, -0.2) is 18.0 Å². The standard InChI is InChI=1S/C26H30N2S/c1-19-3-9-24(10-4-19)29-25-11-6-21(7-12-25)18-28-15-13-22(14-16-28)26-17-23(27)8-5-20(26)2/h3-12,17,22H,13-16,18,27H2,1-2H3. The predicted molar refractivity (Wildman–Crippen MR) is 125 cm³/mol. The molecule has 3 aromatic carbocycles. The first kappa shape index (κ1) is 20.1. The molecule has 150 valence electrons. The van der Waals surface area contributed by atoms with E-state index in [9.17, 15) is 0 Å². The molecule has 0 unspecified atom stereocenters. The lowest BCUT2D eigenvalue weighted by molar-refractivity contribution is 0.204. The number of benzene rings is 3. The van der Waals surface area contributed by atoms with Crippen LogP contribution in [0.1, 0.15) is 41.0 Å². The van der Waals surface area contributed by atoms with Crippen LogP contribution in [0.25, 0.3) is 0 Å². The molecular formula is C26H30N2S. The van der Waals surface area contributed by atoms with Crippen molar-refractivity contribution in [2.24, 2.45) is 0 Å². The molecule has 0 aliphatic carbocycles. The maximum Gasteiger partial charge on any atom is 0.0317 e. The lowest BCUT2D eigenvalue weighted by atomic mass is 9.86. The smallest absolute Gasteiger partial charge is 0.0317 e. The number of nitrogens with two attached hydrogens (primary N) is 1. The van der Waals surface area contributed by atoms with E-state index in [0.717, 1.165) is 25.3 Å². The molecule has 1 aliphatic rings. The second-order valence-corrected chi connectivity index (χ2v) is 9.37. The second kappa shape index (κ2) is 9.06. The van der Waals surface area contributed by atoms with Crippen molar-refractivity contribution in [1.29, 1.82) is 0 Å². The summed E-state index contributed by atoms with van der Waals surface area (Å²) in [5.41, 5.74) is 12.4. The van der Waals surface area contributed by atoms with Gasteiger partial charge in [0.25, 0.3) is 0 Å². The highest BCUT2D eigenvalue weighted by molar-refractivity contribution is 7.99. The zero-order chi connectivity index (χ0) is 20.2. The van der Waals surface area contributed by atoms with Crippen LogP contribution in [0.2, 0.25) is 0 Å². The average molecular weight is 403 g/mol. The summed E-state index contributed by atoms with van der Waals surface area (Å²) in [6, 6.07) is 24.2. The molecule has 2 nitrogen and oxygen atoms in total. The van der Waals surface area contributed by atoms with Gasteiger partial charge in [0.1, 0.15) is 0 Å². The Labute approximate surface area is 179 Å². The molecule has 1 saturated heterocycles. The lowest BCUT2D eigenvalue weighted by Gasteiger charge is -2.33. The van der Waals surface area contributed by atoms with Crippen LogP contribution in [0.3, 0.4) is 0 Å². The summed E-state index contributed by atoms with van der Waals surface area (Å²) in [5.74, 6) is 0.642. The summed E-state index contributed by atoms with van der Waals surface area (Å²) in [6.45, 7) is 7.68. The summed E-state index contributed by atoms with van der Waals surface area (Å²) >= 11 is 1.83. The minimum absolute atomic E-state index is 0.642. The van der Waals surface area contributed by atoms with E-state index in [4.69, 9.17) is 5.73 Å². The van der Waals surface area contributed by atoms with Gasteiger partial charge in [0.15, 0.2) is 0 Å². The van der Waals surface area contributed by atoms with Gasteiger partial charge in [-0.2, -0.15) is 0 Å². The first-order valence-electron chi connectivity index (χ1n) is 10.5. The van der Waals surface area contributed by atoms with Crippen LogP contribution >= 0.6 is 11.8 Å². The molecule has 29 heavy (non-hydrogen) atoms. The molecule has 2 N–H and O–H groups in total. The van der Waals surface area contributed by atoms with Gasteiger partial charge in [-0.1, -0.05) is 47.7 Å². The Morgan fingerprint density at radius 3 is 2.14 bits per heavy atom. The van der Waals surface area contributed by atoms with Crippen LogP contribution in [0.4, 0.5) is 5.69 Å². The fraction of sp³-hybridized carbons (Fsp3) is 0.308. The van der Waals surface area contributed by atoms with Crippen LogP contribution in [0.15, 0.2) is 76.5 Å². The lowest BCUT2D eigenvalue weighted by Crippen LogP contribution is -2.32. The van der Waals surface area contributed by atoms with Gasteiger partial charge in [-0.15, -0.1) is 0 Å². The summed E-state index contributed by atoms with van der Waals surface area (Å²) in [6.07, 6.45) is 2.43. The van der Waals surface area contributed by atoms with Crippen LogP contribution in [-0.2, 0) is 6.54 Å². The first-order valence-corrected chi connectivity index (χ1v) is 11.3. The number of hydrogen-bond donors (Lipinski definition) is 1. The van der Waals surface area contributed by atoms with Crippen molar-refractivity contribution in [3.63, 3.8) is 0 Å². The van der Waals surface area contributed by atoms with Gasteiger partial charge in [0, 0.05) is 22.0 Å². The molecule has 1 fully saturated rings. The van der Waals surface area contributed by atoms with Crippen molar-refractivity contribution in [3.8, 4) is 0 Å². The molecule has 0 spiro atoms. The molecule has 0 radical (unpaired) electrons. The van der Waals surface area contributed by atoms with E-state index in [1.807, 2.05) is 17.8 Å². The molecule has 0 aromatic heterocycles. The fourth-order valence-corrected chi connectivity index (χ4v) is 4.98. The zero-order valence-electron chi connectivity index (χ0n) is 17.4. The van der Waals surface area contributed by atoms with Crippen LogP contribution in [0.5, 0.6) is 0 Å². The summed E-state index contributed by atoms with van der Waals surface area (Å²) in [4.78, 5) is 5.18. The van der Waals surface area contributed by atoms with Crippen molar-refractivity contribution in [2.75, 3.05) is 18.8 Å². The van der Waals surface area contributed by atoms with Crippen LogP contribution < -0.4 is 5.73 Å². The Morgan fingerprint density at radius 2 is 1.48 bits per heavy atom. The van der Waals surface area contributed by atoms with Gasteiger partial charge >= 0.3 is 0 Å². The molecular weight excluding hydrogens is 372 g/mol. The van der Waals surface area contributed by atoms with E-state index in [1.165, 1.54) is 44.9 Å².